The number of nitrogens with one attached hydrogen (secondary N) is 1. The maximum absolute atomic E-state index is 12.0. The van der Waals surface area contributed by atoms with Crippen molar-refractivity contribution in [3.8, 4) is 0 Å². The second kappa shape index (κ2) is 6.01. The highest BCUT2D eigenvalue weighted by Crippen LogP contribution is 2.18. The average Bonchev–Trinajstić information content (AvgIpc) is 2.39. The van der Waals surface area contributed by atoms with Crippen molar-refractivity contribution in [1.29, 1.82) is 0 Å². The van der Waals surface area contributed by atoms with Gasteiger partial charge in [0.15, 0.2) is 0 Å². The fourth-order valence-corrected chi connectivity index (χ4v) is 2.36. The lowest BCUT2D eigenvalue weighted by Crippen LogP contribution is -2.44. The van der Waals surface area contributed by atoms with Gasteiger partial charge in [0.25, 0.3) is 0 Å². The number of anilines is 1. The molecule has 2 heterocycles. The number of urea groups is 1. The van der Waals surface area contributed by atoms with Crippen LogP contribution in [0.3, 0.4) is 0 Å². The predicted molar refractivity (Wildman–Crippen MR) is 72.9 cm³/mol. The molecular weight excluding hydrogens is 314 g/mol. The van der Waals surface area contributed by atoms with E-state index in [1.807, 2.05) is 0 Å². The number of piperidine rings is 1. The standard InChI is InChI=1S/C12H14BrN3O3/c13-9-3-4-14-10(6-9)15-12(19)16-5-1-2-8(7-16)11(17)18/h3-4,6,8H,1-2,5,7H2,(H,17,18)(H,14,15,19). The number of amides is 2. The molecule has 0 spiro atoms. The van der Waals surface area contributed by atoms with Crippen LogP contribution in [0.2, 0.25) is 0 Å². The van der Waals surface area contributed by atoms with Gasteiger partial charge in [-0.2, -0.15) is 0 Å². The van der Waals surface area contributed by atoms with Crippen LogP contribution in [0.5, 0.6) is 0 Å². The molecule has 2 amide bonds. The second-order valence-corrected chi connectivity index (χ2v) is 5.33. The predicted octanol–water partition coefficient (Wildman–Crippen LogP) is 2.17. The molecule has 19 heavy (non-hydrogen) atoms. The summed E-state index contributed by atoms with van der Waals surface area (Å²) in [5.74, 6) is -0.884. The van der Waals surface area contributed by atoms with E-state index in [9.17, 15) is 9.59 Å². The maximum Gasteiger partial charge on any atom is 0.323 e. The van der Waals surface area contributed by atoms with E-state index in [0.29, 0.717) is 25.2 Å². The van der Waals surface area contributed by atoms with E-state index in [0.717, 1.165) is 4.47 Å². The van der Waals surface area contributed by atoms with Crippen LogP contribution in [0.25, 0.3) is 0 Å². The van der Waals surface area contributed by atoms with Crippen LogP contribution in [0.4, 0.5) is 10.6 Å². The molecule has 1 unspecified atom stereocenters. The van der Waals surface area contributed by atoms with E-state index < -0.39 is 11.9 Å². The molecule has 1 aliphatic heterocycles. The zero-order chi connectivity index (χ0) is 13.8. The molecule has 1 aromatic rings. The zero-order valence-electron chi connectivity index (χ0n) is 10.2. The smallest absolute Gasteiger partial charge is 0.323 e. The highest BCUT2D eigenvalue weighted by atomic mass is 79.9. The second-order valence-electron chi connectivity index (χ2n) is 4.41. The summed E-state index contributed by atoms with van der Waals surface area (Å²) in [6, 6.07) is 3.14. The van der Waals surface area contributed by atoms with Gasteiger partial charge < -0.3 is 10.0 Å². The van der Waals surface area contributed by atoms with Crippen molar-refractivity contribution in [3.63, 3.8) is 0 Å². The Morgan fingerprint density at radius 1 is 1.53 bits per heavy atom. The van der Waals surface area contributed by atoms with Crippen molar-refractivity contribution in [2.75, 3.05) is 18.4 Å². The fourth-order valence-electron chi connectivity index (χ4n) is 2.02. The quantitative estimate of drug-likeness (QED) is 0.872. The number of aromatic nitrogens is 1. The number of likely N-dealkylation sites (tertiary alicyclic amines) is 1. The van der Waals surface area contributed by atoms with Gasteiger partial charge in [0.1, 0.15) is 5.82 Å². The highest BCUT2D eigenvalue weighted by molar-refractivity contribution is 9.10. The number of carbonyl (C=O) groups is 2. The molecule has 102 valence electrons. The Morgan fingerprint density at radius 2 is 2.32 bits per heavy atom. The average molecular weight is 328 g/mol. The number of hydrogen-bond donors (Lipinski definition) is 2. The van der Waals surface area contributed by atoms with Gasteiger partial charge in [-0.25, -0.2) is 9.78 Å². The Hall–Kier alpha value is -1.63. The summed E-state index contributed by atoms with van der Waals surface area (Å²) >= 11 is 3.29. The third kappa shape index (κ3) is 3.66. The lowest BCUT2D eigenvalue weighted by Gasteiger charge is -2.30. The minimum Gasteiger partial charge on any atom is -0.481 e. The van der Waals surface area contributed by atoms with E-state index in [2.05, 4.69) is 26.2 Å². The number of hydrogen-bond acceptors (Lipinski definition) is 3. The summed E-state index contributed by atoms with van der Waals surface area (Å²) < 4.78 is 0.819. The molecule has 0 bridgehead atoms. The van der Waals surface area contributed by atoms with Crippen molar-refractivity contribution in [3.05, 3.63) is 22.8 Å². The largest absolute Gasteiger partial charge is 0.481 e. The van der Waals surface area contributed by atoms with E-state index in [-0.39, 0.29) is 12.6 Å². The molecule has 0 aliphatic carbocycles. The lowest BCUT2D eigenvalue weighted by atomic mass is 9.99. The Balaban J connectivity index is 1.98. The Morgan fingerprint density at radius 3 is 3.00 bits per heavy atom. The van der Waals surface area contributed by atoms with Crippen molar-refractivity contribution in [2.24, 2.45) is 5.92 Å². The molecule has 1 aromatic heterocycles. The van der Waals surface area contributed by atoms with Crippen LogP contribution in [-0.2, 0) is 4.79 Å². The molecule has 1 fully saturated rings. The van der Waals surface area contributed by atoms with Gasteiger partial charge in [-0.15, -0.1) is 0 Å². The third-order valence-corrected chi connectivity index (χ3v) is 3.51. The number of carboxylic acid groups (broad SMARTS) is 1. The molecule has 7 heteroatoms. The van der Waals surface area contributed by atoms with Gasteiger partial charge in [0.05, 0.1) is 5.92 Å². The van der Waals surface area contributed by atoms with Gasteiger partial charge in [-0.05, 0) is 25.0 Å². The van der Waals surface area contributed by atoms with Gasteiger partial charge >= 0.3 is 12.0 Å². The Labute approximate surface area is 118 Å². The number of pyridine rings is 1. The topological polar surface area (TPSA) is 82.5 Å². The minimum absolute atomic E-state index is 0.245. The zero-order valence-corrected chi connectivity index (χ0v) is 11.8. The van der Waals surface area contributed by atoms with Gasteiger partial charge in [0, 0.05) is 23.8 Å². The number of aliphatic carboxylic acids is 1. The van der Waals surface area contributed by atoms with E-state index in [1.54, 1.807) is 18.3 Å². The monoisotopic (exact) mass is 327 g/mol. The molecule has 1 saturated heterocycles. The first kappa shape index (κ1) is 13.8. The molecule has 2 N–H and O–H groups in total. The van der Waals surface area contributed by atoms with Gasteiger partial charge in [-0.3, -0.25) is 10.1 Å². The molecular formula is C12H14BrN3O3. The van der Waals surface area contributed by atoms with Crippen molar-refractivity contribution >= 4 is 33.7 Å². The number of halogens is 1. The van der Waals surface area contributed by atoms with E-state index in [4.69, 9.17) is 5.11 Å². The van der Waals surface area contributed by atoms with Crippen molar-refractivity contribution in [2.45, 2.75) is 12.8 Å². The molecule has 0 radical (unpaired) electrons. The number of carbonyl (C=O) groups excluding carboxylic acids is 1. The highest BCUT2D eigenvalue weighted by Gasteiger charge is 2.28. The van der Waals surface area contributed by atoms with Crippen molar-refractivity contribution < 1.29 is 14.7 Å². The summed E-state index contributed by atoms with van der Waals surface area (Å²) in [6.07, 6.45) is 2.90. The molecule has 6 nitrogen and oxygen atoms in total. The normalized spacial score (nSPS) is 19.0. The lowest BCUT2D eigenvalue weighted by molar-refractivity contribution is -0.143. The van der Waals surface area contributed by atoms with Crippen LogP contribution in [-0.4, -0.2) is 40.1 Å². The molecule has 0 saturated carbocycles. The van der Waals surface area contributed by atoms with Crippen LogP contribution in [0.15, 0.2) is 22.8 Å². The Bertz CT molecular complexity index is 495. The first-order valence-electron chi connectivity index (χ1n) is 5.96. The van der Waals surface area contributed by atoms with Gasteiger partial charge in [0.2, 0.25) is 0 Å². The van der Waals surface area contributed by atoms with Crippen LogP contribution in [0.1, 0.15) is 12.8 Å². The summed E-state index contributed by atoms with van der Waals surface area (Å²) in [6.45, 7) is 0.818. The molecule has 2 rings (SSSR count). The molecule has 0 aromatic carbocycles. The van der Waals surface area contributed by atoms with E-state index in [1.165, 1.54) is 4.90 Å². The summed E-state index contributed by atoms with van der Waals surface area (Å²) in [7, 11) is 0. The summed E-state index contributed by atoms with van der Waals surface area (Å²) in [4.78, 5) is 28.5. The summed E-state index contributed by atoms with van der Waals surface area (Å²) in [5, 5.41) is 11.7. The molecule has 1 aliphatic rings. The van der Waals surface area contributed by atoms with Crippen molar-refractivity contribution in [1.82, 2.24) is 9.88 Å². The molecule has 1 atom stereocenters. The number of rotatable bonds is 2. The minimum atomic E-state index is -0.849. The van der Waals surface area contributed by atoms with E-state index >= 15 is 0 Å². The van der Waals surface area contributed by atoms with Gasteiger partial charge in [-0.1, -0.05) is 15.9 Å². The van der Waals surface area contributed by atoms with Crippen LogP contribution in [0, 0.1) is 5.92 Å². The Kier molecular flexibility index (Phi) is 4.36. The SMILES string of the molecule is O=C(O)C1CCCN(C(=O)Nc2cc(Br)ccn2)C1. The fraction of sp³-hybridized carbons (Fsp3) is 0.417. The number of nitrogens with zero attached hydrogens (tertiary/aromatic N) is 2. The summed E-state index contributed by atoms with van der Waals surface area (Å²) in [5.41, 5.74) is 0. The number of carboxylic acids is 1. The maximum atomic E-state index is 12.0. The van der Waals surface area contributed by atoms with Crippen LogP contribution < -0.4 is 5.32 Å². The first-order valence-corrected chi connectivity index (χ1v) is 6.76. The first-order chi connectivity index (χ1) is 9.06. The van der Waals surface area contributed by atoms with Crippen LogP contribution >= 0.6 is 15.9 Å². The third-order valence-electron chi connectivity index (χ3n) is 3.01.